The Morgan fingerprint density at radius 1 is 1.09 bits per heavy atom. The van der Waals surface area contributed by atoms with Crippen LogP contribution in [0.25, 0.3) is 0 Å². The molecule has 6 heteroatoms. The number of carbonyl (C=O) groups is 3. The molecule has 0 aromatic heterocycles. The highest BCUT2D eigenvalue weighted by molar-refractivity contribution is 5.98. The third kappa shape index (κ3) is 2.43. The van der Waals surface area contributed by atoms with Gasteiger partial charge < -0.3 is 9.47 Å². The summed E-state index contributed by atoms with van der Waals surface area (Å²) in [5.41, 5.74) is -1.11. The van der Waals surface area contributed by atoms with Crippen molar-refractivity contribution in [2.75, 3.05) is 6.54 Å². The Morgan fingerprint density at radius 2 is 1.86 bits per heavy atom. The lowest BCUT2D eigenvalue weighted by atomic mass is 9.34. The fourth-order valence-corrected chi connectivity index (χ4v) is 11.3. The summed E-state index contributed by atoms with van der Waals surface area (Å²) in [6, 6.07) is 0. The third-order valence-electron chi connectivity index (χ3n) is 12.5. The molecule has 0 aromatic carbocycles. The minimum atomic E-state index is -0.723. The number of ketones is 2. The van der Waals surface area contributed by atoms with Gasteiger partial charge in [-0.25, -0.2) is 0 Å². The van der Waals surface area contributed by atoms with Crippen molar-refractivity contribution >= 4 is 17.5 Å². The van der Waals surface area contributed by atoms with Gasteiger partial charge in [0.15, 0.2) is 5.78 Å². The summed E-state index contributed by atoms with van der Waals surface area (Å²) in [5, 5.41) is 0. The minimum Gasteiger partial charge on any atom is -0.409 e. The monoisotopic (exact) mass is 482 g/mol. The maximum absolute atomic E-state index is 14.0. The number of carbonyl (C=O) groups excluding carboxylic acids is 3. The predicted molar refractivity (Wildman–Crippen MR) is 127 cm³/mol. The molecule has 190 valence electrons. The first-order valence-corrected chi connectivity index (χ1v) is 13.9. The van der Waals surface area contributed by atoms with Crippen molar-refractivity contribution in [2.45, 2.75) is 104 Å². The number of rotatable bonds is 0. The molecule has 0 aromatic rings. The first-order valence-electron chi connectivity index (χ1n) is 13.9. The SMILES string of the molecule is CC1=CC(=O)[C@H]2CC(=O)[C@H]3[C@@](C)(C[C@@]45OC(=O)C[C@]3(C)[C@]4(C)CC[C@]34C[C@@H](C)C[C@H](C[NH+]35)O4)[C@@H]2C1. The van der Waals surface area contributed by atoms with E-state index in [9.17, 15) is 14.4 Å². The standard InChI is InChI=1S/C29H39NO5/c1-16-9-20-19(21(31)10-16)11-22(32)24-25(20,3)15-29-27(5,26(24,4)13-23(33)35-29)6-7-28-12-17(2)8-18(34-28)14-30(28)29/h10,17-20,24H,6-9,11-15H2,1-5H3/p+1/t17-,18+,19-,20+,24-,25-,26-,27-,28-,29+/m0/s1. The molecule has 4 aliphatic heterocycles. The molecule has 4 saturated heterocycles. The third-order valence-corrected chi connectivity index (χ3v) is 12.5. The Hall–Kier alpha value is -1.53. The van der Waals surface area contributed by atoms with Crippen molar-refractivity contribution in [1.82, 2.24) is 0 Å². The van der Waals surface area contributed by atoms with Crippen LogP contribution in [0.5, 0.6) is 0 Å². The second-order valence-corrected chi connectivity index (χ2v) is 14.3. The van der Waals surface area contributed by atoms with E-state index in [0.29, 0.717) is 25.2 Å². The van der Waals surface area contributed by atoms with Gasteiger partial charge in [0, 0.05) is 42.9 Å². The van der Waals surface area contributed by atoms with Gasteiger partial charge in [-0.1, -0.05) is 26.3 Å². The van der Waals surface area contributed by atoms with Crippen molar-refractivity contribution in [3.05, 3.63) is 11.6 Å². The molecule has 3 aliphatic carbocycles. The van der Waals surface area contributed by atoms with E-state index in [0.717, 1.165) is 44.2 Å². The number of nitrogens with one attached hydrogen (secondary N) is 1. The molecule has 4 heterocycles. The number of fused-ring (bicyclic) bond motifs is 5. The van der Waals surface area contributed by atoms with Crippen LogP contribution in [-0.2, 0) is 23.9 Å². The molecule has 35 heavy (non-hydrogen) atoms. The summed E-state index contributed by atoms with van der Waals surface area (Å²) in [7, 11) is 0. The van der Waals surface area contributed by atoms with Gasteiger partial charge in [0.1, 0.15) is 18.4 Å². The van der Waals surface area contributed by atoms with Gasteiger partial charge in [0.05, 0.1) is 11.8 Å². The van der Waals surface area contributed by atoms with Gasteiger partial charge in [-0.2, -0.15) is 0 Å². The van der Waals surface area contributed by atoms with E-state index in [1.807, 2.05) is 0 Å². The number of hydrogen-bond acceptors (Lipinski definition) is 5. The van der Waals surface area contributed by atoms with Gasteiger partial charge in [-0.3, -0.25) is 19.3 Å². The summed E-state index contributed by atoms with van der Waals surface area (Å²) in [5.74, 6) is 0.394. The van der Waals surface area contributed by atoms with Crippen LogP contribution >= 0.6 is 0 Å². The molecule has 6 fully saturated rings. The number of allylic oxidation sites excluding steroid dienone is 2. The first-order chi connectivity index (χ1) is 16.4. The van der Waals surface area contributed by atoms with E-state index in [4.69, 9.17) is 9.47 Å². The van der Waals surface area contributed by atoms with Crippen LogP contribution in [0.3, 0.4) is 0 Å². The predicted octanol–water partition coefficient (Wildman–Crippen LogP) is 3.00. The van der Waals surface area contributed by atoms with Crippen LogP contribution in [0.2, 0.25) is 0 Å². The van der Waals surface area contributed by atoms with Crippen LogP contribution in [0.4, 0.5) is 0 Å². The van der Waals surface area contributed by atoms with Crippen molar-refractivity contribution in [3.63, 3.8) is 0 Å². The molecule has 7 rings (SSSR count). The summed E-state index contributed by atoms with van der Waals surface area (Å²) >= 11 is 0. The van der Waals surface area contributed by atoms with Gasteiger partial charge >= 0.3 is 5.97 Å². The quantitative estimate of drug-likeness (QED) is 0.538. The van der Waals surface area contributed by atoms with E-state index in [1.54, 1.807) is 6.08 Å². The first kappa shape index (κ1) is 22.7. The van der Waals surface area contributed by atoms with Gasteiger partial charge in [-0.15, -0.1) is 0 Å². The average molecular weight is 483 g/mol. The molecule has 1 spiro atoms. The largest absolute Gasteiger partial charge is 0.409 e. The molecule has 2 saturated carbocycles. The molecular weight excluding hydrogens is 442 g/mol. The zero-order valence-electron chi connectivity index (χ0n) is 21.9. The lowest BCUT2D eigenvalue weighted by Gasteiger charge is -2.74. The molecule has 11 atom stereocenters. The highest BCUT2D eigenvalue weighted by atomic mass is 16.6. The molecule has 0 radical (unpaired) electrons. The minimum absolute atomic E-state index is 0.111. The molecule has 6 nitrogen and oxygen atoms in total. The average Bonchev–Trinajstić information content (AvgIpc) is 3.01. The maximum Gasteiger partial charge on any atom is 0.311 e. The van der Waals surface area contributed by atoms with Crippen molar-refractivity contribution < 1.29 is 28.8 Å². The topological polar surface area (TPSA) is 74.1 Å². The number of esters is 1. The second kappa shape index (κ2) is 6.48. The van der Waals surface area contributed by atoms with E-state index in [1.165, 1.54) is 4.90 Å². The molecule has 1 unspecified atom stereocenters. The second-order valence-electron chi connectivity index (χ2n) is 14.3. The molecular formula is C29H40NO5+. The number of ether oxygens (including phenoxy) is 2. The van der Waals surface area contributed by atoms with E-state index in [2.05, 4.69) is 34.6 Å². The van der Waals surface area contributed by atoms with Gasteiger partial charge in [0.25, 0.3) is 5.72 Å². The van der Waals surface area contributed by atoms with Crippen LogP contribution in [0, 0.1) is 39.9 Å². The van der Waals surface area contributed by atoms with Crippen LogP contribution in [0.1, 0.15) is 86.0 Å². The highest BCUT2D eigenvalue weighted by Crippen LogP contribution is 2.74. The van der Waals surface area contributed by atoms with Crippen molar-refractivity contribution in [1.29, 1.82) is 0 Å². The van der Waals surface area contributed by atoms with E-state index < -0.39 is 16.6 Å². The fraction of sp³-hybridized carbons (Fsp3) is 0.828. The summed E-state index contributed by atoms with van der Waals surface area (Å²) in [6.07, 6.45) is 8.01. The maximum atomic E-state index is 14.0. The number of quaternary nitrogens is 1. The van der Waals surface area contributed by atoms with Crippen LogP contribution < -0.4 is 4.90 Å². The summed E-state index contributed by atoms with van der Waals surface area (Å²) < 4.78 is 13.5. The number of piperidine rings is 1. The van der Waals surface area contributed by atoms with Crippen molar-refractivity contribution in [3.8, 4) is 0 Å². The van der Waals surface area contributed by atoms with E-state index in [-0.39, 0.29) is 52.5 Å². The Morgan fingerprint density at radius 3 is 2.63 bits per heavy atom. The fourth-order valence-electron chi connectivity index (χ4n) is 11.3. The zero-order valence-corrected chi connectivity index (χ0v) is 21.9. The smallest absolute Gasteiger partial charge is 0.311 e. The lowest BCUT2D eigenvalue weighted by Crippen LogP contribution is -3.29. The lowest BCUT2D eigenvalue weighted by molar-refractivity contribution is -1.04. The van der Waals surface area contributed by atoms with Gasteiger partial charge in [0.2, 0.25) is 5.72 Å². The Balaban J connectivity index is 1.44. The molecule has 4 bridgehead atoms. The molecule has 0 amide bonds. The number of Topliss-reactive ketones (excluding diaryl/α,β-unsaturated/α-hetero) is 1. The summed E-state index contributed by atoms with van der Waals surface area (Å²) in [6.45, 7) is 12.1. The normalized spacial score (nSPS) is 58.4. The molecule has 7 aliphatic rings. The highest BCUT2D eigenvalue weighted by Gasteiger charge is 2.85. The zero-order chi connectivity index (χ0) is 24.8. The Kier molecular flexibility index (Phi) is 4.19. The van der Waals surface area contributed by atoms with E-state index >= 15 is 0 Å². The summed E-state index contributed by atoms with van der Waals surface area (Å²) in [4.78, 5) is 41.9. The molecule has 1 N–H and O–H groups in total. The number of hydrogen-bond donors (Lipinski definition) is 1. The van der Waals surface area contributed by atoms with Crippen LogP contribution in [-0.4, -0.2) is 41.6 Å². The van der Waals surface area contributed by atoms with Crippen LogP contribution in [0.15, 0.2) is 11.6 Å². The Labute approximate surface area is 208 Å². The van der Waals surface area contributed by atoms with Crippen molar-refractivity contribution in [2.24, 2.45) is 39.9 Å². The Bertz CT molecular complexity index is 1100. The van der Waals surface area contributed by atoms with Gasteiger partial charge in [-0.05, 0) is 56.4 Å².